The number of primary amides is 1. The number of carbonyl (C=O) groups is 3. The third-order valence-corrected chi connectivity index (χ3v) is 4.62. The number of benzene rings is 3. The molecular formula is C25H24N2O5. The van der Waals surface area contributed by atoms with Gasteiger partial charge in [0.05, 0.1) is 0 Å². The Morgan fingerprint density at radius 1 is 0.812 bits per heavy atom. The van der Waals surface area contributed by atoms with Crippen LogP contribution in [0, 0.1) is 0 Å². The van der Waals surface area contributed by atoms with Gasteiger partial charge in [-0.3, -0.25) is 9.59 Å². The van der Waals surface area contributed by atoms with Gasteiger partial charge in [0.25, 0.3) is 5.91 Å². The molecule has 164 valence electrons. The van der Waals surface area contributed by atoms with E-state index in [-0.39, 0.29) is 18.5 Å². The molecule has 7 heteroatoms. The van der Waals surface area contributed by atoms with Crippen LogP contribution in [0.15, 0.2) is 84.9 Å². The molecule has 3 aromatic rings. The zero-order chi connectivity index (χ0) is 22.8. The number of esters is 1. The average Bonchev–Trinajstić information content (AvgIpc) is 2.82. The first-order valence-corrected chi connectivity index (χ1v) is 10.1. The number of hydrogen-bond donors (Lipinski definition) is 1. The number of ether oxygens (including phenoxy) is 2. The van der Waals surface area contributed by atoms with Crippen molar-refractivity contribution < 1.29 is 23.9 Å². The van der Waals surface area contributed by atoms with Crippen molar-refractivity contribution in [2.24, 2.45) is 5.73 Å². The van der Waals surface area contributed by atoms with Crippen molar-refractivity contribution in [2.75, 3.05) is 18.1 Å². The summed E-state index contributed by atoms with van der Waals surface area (Å²) in [5.74, 6) is -1.30. The normalized spacial score (nSPS) is 10.2. The molecular weight excluding hydrogens is 408 g/mol. The Bertz CT molecular complexity index is 1050. The predicted octanol–water partition coefficient (Wildman–Crippen LogP) is 3.33. The summed E-state index contributed by atoms with van der Waals surface area (Å²) < 4.78 is 11.1. The van der Waals surface area contributed by atoms with Crippen molar-refractivity contribution in [3.63, 3.8) is 0 Å². The molecule has 0 saturated heterocycles. The Kier molecular flexibility index (Phi) is 7.97. The lowest BCUT2D eigenvalue weighted by Crippen LogP contribution is -2.37. The van der Waals surface area contributed by atoms with Gasteiger partial charge in [-0.15, -0.1) is 0 Å². The highest BCUT2D eigenvalue weighted by Gasteiger charge is 2.20. The molecule has 3 aromatic carbocycles. The van der Waals surface area contributed by atoms with E-state index in [2.05, 4.69) is 0 Å². The highest BCUT2D eigenvalue weighted by molar-refractivity contribution is 5.98. The van der Waals surface area contributed by atoms with Gasteiger partial charge in [-0.1, -0.05) is 60.7 Å². The monoisotopic (exact) mass is 432 g/mol. The van der Waals surface area contributed by atoms with E-state index >= 15 is 0 Å². The van der Waals surface area contributed by atoms with Crippen molar-refractivity contribution in [1.82, 2.24) is 0 Å². The molecule has 0 aliphatic heterocycles. The van der Waals surface area contributed by atoms with Crippen LogP contribution in [0.5, 0.6) is 5.75 Å². The fourth-order valence-corrected chi connectivity index (χ4v) is 3.01. The van der Waals surface area contributed by atoms with Crippen LogP contribution in [0.25, 0.3) is 0 Å². The lowest BCUT2D eigenvalue weighted by molar-refractivity contribution is -0.121. The zero-order valence-electron chi connectivity index (χ0n) is 17.5. The van der Waals surface area contributed by atoms with Crippen molar-refractivity contribution in [3.8, 4) is 5.75 Å². The first-order valence-electron chi connectivity index (χ1n) is 10.1. The molecule has 0 aliphatic rings. The number of nitrogens with zero attached hydrogens (tertiary/aromatic N) is 1. The molecule has 2 N–H and O–H groups in total. The van der Waals surface area contributed by atoms with Crippen molar-refractivity contribution in [1.29, 1.82) is 0 Å². The zero-order valence-corrected chi connectivity index (χ0v) is 17.5. The van der Waals surface area contributed by atoms with Crippen LogP contribution in [0.2, 0.25) is 0 Å². The fourth-order valence-electron chi connectivity index (χ4n) is 3.01. The molecule has 0 heterocycles. The largest absolute Gasteiger partial charge is 0.488 e. The van der Waals surface area contributed by atoms with Crippen LogP contribution in [-0.4, -0.2) is 30.9 Å². The minimum Gasteiger partial charge on any atom is -0.488 e. The Balaban J connectivity index is 1.65. The van der Waals surface area contributed by atoms with E-state index in [4.69, 9.17) is 15.2 Å². The van der Waals surface area contributed by atoms with Gasteiger partial charge in [-0.2, -0.15) is 0 Å². The van der Waals surface area contributed by atoms with Crippen molar-refractivity contribution in [3.05, 3.63) is 96.1 Å². The van der Waals surface area contributed by atoms with Gasteiger partial charge in [-0.25, -0.2) is 4.79 Å². The molecule has 0 aromatic heterocycles. The first-order chi connectivity index (χ1) is 15.5. The second-order valence-electron chi connectivity index (χ2n) is 6.94. The Labute approximate surface area is 186 Å². The summed E-state index contributed by atoms with van der Waals surface area (Å²) in [5, 5.41) is 0. The van der Waals surface area contributed by atoms with E-state index in [0.717, 1.165) is 5.56 Å². The molecule has 0 bridgehead atoms. The smallest absolute Gasteiger partial charge is 0.342 e. The van der Waals surface area contributed by atoms with Gasteiger partial charge < -0.3 is 20.1 Å². The van der Waals surface area contributed by atoms with E-state index in [0.29, 0.717) is 18.0 Å². The van der Waals surface area contributed by atoms with E-state index in [1.165, 1.54) is 4.90 Å². The van der Waals surface area contributed by atoms with Crippen LogP contribution >= 0.6 is 0 Å². The minimum atomic E-state index is -0.676. The molecule has 0 spiro atoms. The summed E-state index contributed by atoms with van der Waals surface area (Å²) in [6.07, 6.45) is -0.00919. The quantitative estimate of drug-likeness (QED) is 0.496. The lowest BCUT2D eigenvalue weighted by atomic mass is 10.2. The maximum atomic E-state index is 12.8. The van der Waals surface area contributed by atoms with Gasteiger partial charge in [0.2, 0.25) is 5.91 Å². The molecule has 0 fully saturated rings. The van der Waals surface area contributed by atoms with Crippen molar-refractivity contribution in [2.45, 2.75) is 13.0 Å². The number of hydrogen-bond acceptors (Lipinski definition) is 5. The van der Waals surface area contributed by atoms with Crippen LogP contribution in [0.4, 0.5) is 5.69 Å². The van der Waals surface area contributed by atoms with Gasteiger partial charge in [0.15, 0.2) is 6.61 Å². The number of anilines is 1. The molecule has 7 nitrogen and oxygen atoms in total. The number of para-hydroxylation sites is 2. The number of rotatable bonds is 10. The standard InChI is InChI=1S/C25H24N2O5/c26-23(28)15-16-27(20-11-5-2-6-12-20)24(29)18-32-25(30)21-13-7-8-14-22(21)31-17-19-9-3-1-4-10-19/h1-14H,15-18H2,(H2,26,28). The number of carbonyl (C=O) groups excluding carboxylic acids is 3. The molecule has 0 atom stereocenters. The summed E-state index contributed by atoms with van der Waals surface area (Å²) in [6, 6.07) is 25.1. The van der Waals surface area contributed by atoms with Crippen LogP contribution in [-0.2, 0) is 20.9 Å². The Morgan fingerprint density at radius 2 is 1.44 bits per heavy atom. The summed E-state index contributed by atoms with van der Waals surface area (Å²) in [6.45, 7) is -0.106. The molecule has 2 amide bonds. The highest BCUT2D eigenvalue weighted by atomic mass is 16.5. The second-order valence-corrected chi connectivity index (χ2v) is 6.94. The Morgan fingerprint density at radius 3 is 2.12 bits per heavy atom. The molecule has 32 heavy (non-hydrogen) atoms. The third kappa shape index (κ3) is 6.43. The van der Waals surface area contributed by atoms with Crippen LogP contribution in [0.3, 0.4) is 0 Å². The average molecular weight is 432 g/mol. The molecule has 0 radical (unpaired) electrons. The third-order valence-electron chi connectivity index (χ3n) is 4.62. The fraction of sp³-hybridized carbons (Fsp3) is 0.160. The summed E-state index contributed by atoms with van der Waals surface area (Å²) >= 11 is 0. The van der Waals surface area contributed by atoms with E-state index < -0.39 is 24.4 Å². The minimum absolute atomic E-state index is 0.00919. The topological polar surface area (TPSA) is 98.9 Å². The van der Waals surface area contributed by atoms with E-state index in [1.54, 1.807) is 48.5 Å². The number of nitrogens with two attached hydrogens (primary N) is 1. The van der Waals surface area contributed by atoms with Crippen LogP contribution in [0.1, 0.15) is 22.3 Å². The molecule has 3 rings (SSSR count). The van der Waals surface area contributed by atoms with Gasteiger partial charge in [-0.05, 0) is 29.8 Å². The maximum absolute atomic E-state index is 12.8. The summed E-state index contributed by atoms with van der Waals surface area (Å²) in [5.41, 5.74) is 6.99. The Hall–Kier alpha value is -4.13. The van der Waals surface area contributed by atoms with Crippen molar-refractivity contribution >= 4 is 23.5 Å². The summed E-state index contributed by atoms with van der Waals surface area (Å²) in [4.78, 5) is 38.0. The van der Waals surface area contributed by atoms with Gasteiger partial charge in [0, 0.05) is 18.7 Å². The maximum Gasteiger partial charge on any atom is 0.342 e. The SMILES string of the molecule is NC(=O)CCN(C(=O)COC(=O)c1ccccc1OCc1ccccc1)c1ccccc1. The van der Waals surface area contributed by atoms with E-state index in [1.807, 2.05) is 36.4 Å². The summed E-state index contributed by atoms with van der Waals surface area (Å²) in [7, 11) is 0. The molecule has 0 saturated carbocycles. The van der Waals surface area contributed by atoms with Gasteiger partial charge >= 0.3 is 5.97 Å². The second kappa shape index (κ2) is 11.3. The molecule has 0 aliphatic carbocycles. The number of amides is 2. The van der Waals surface area contributed by atoms with E-state index in [9.17, 15) is 14.4 Å². The lowest BCUT2D eigenvalue weighted by Gasteiger charge is -2.22. The highest BCUT2D eigenvalue weighted by Crippen LogP contribution is 2.21. The van der Waals surface area contributed by atoms with Gasteiger partial charge in [0.1, 0.15) is 17.9 Å². The molecule has 0 unspecified atom stereocenters. The van der Waals surface area contributed by atoms with Crippen LogP contribution < -0.4 is 15.4 Å². The first kappa shape index (κ1) is 22.6. The predicted molar refractivity (Wildman–Crippen MR) is 120 cm³/mol.